The van der Waals surface area contributed by atoms with E-state index < -0.39 is 10.0 Å². The van der Waals surface area contributed by atoms with Crippen molar-refractivity contribution in [3.8, 4) is 0 Å². The van der Waals surface area contributed by atoms with Crippen LogP contribution >= 0.6 is 0 Å². The van der Waals surface area contributed by atoms with Crippen molar-refractivity contribution in [3.63, 3.8) is 0 Å². The molecule has 1 fully saturated rings. The van der Waals surface area contributed by atoms with Gasteiger partial charge in [-0.3, -0.25) is 9.69 Å². The van der Waals surface area contributed by atoms with E-state index in [2.05, 4.69) is 12.2 Å². The van der Waals surface area contributed by atoms with Gasteiger partial charge >= 0.3 is 0 Å². The van der Waals surface area contributed by atoms with Crippen LogP contribution in [-0.2, 0) is 14.8 Å². The number of carbonyl (C=O) groups excluding carboxylic acids is 1. The zero-order valence-electron chi connectivity index (χ0n) is 11.9. The Kier molecular flexibility index (Phi) is 6.74. The van der Waals surface area contributed by atoms with E-state index in [-0.39, 0.29) is 5.91 Å². The van der Waals surface area contributed by atoms with Gasteiger partial charge in [0.05, 0.1) is 12.8 Å². The van der Waals surface area contributed by atoms with Gasteiger partial charge in [-0.2, -0.15) is 0 Å². The molecule has 1 rings (SSSR count). The van der Waals surface area contributed by atoms with E-state index in [1.54, 1.807) is 0 Å². The Balaban J connectivity index is 2.35. The van der Waals surface area contributed by atoms with E-state index in [4.69, 9.17) is 0 Å². The van der Waals surface area contributed by atoms with Gasteiger partial charge in [-0.15, -0.1) is 0 Å². The minimum Gasteiger partial charge on any atom is -0.355 e. The van der Waals surface area contributed by atoms with Crippen molar-refractivity contribution in [3.05, 3.63) is 0 Å². The molecule has 0 radical (unpaired) electrons. The summed E-state index contributed by atoms with van der Waals surface area (Å²) in [5.74, 6) is 0.0289. The van der Waals surface area contributed by atoms with E-state index in [1.807, 2.05) is 4.90 Å². The van der Waals surface area contributed by atoms with Crippen LogP contribution in [0.4, 0.5) is 0 Å². The summed E-state index contributed by atoms with van der Waals surface area (Å²) in [6.07, 6.45) is 4.07. The third-order valence-corrected chi connectivity index (χ3v) is 4.54. The molecule has 0 unspecified atom stereocenters. The first-order valence-electron chi connectivity index (χ1n) is 6.87. The fourth-order valence-electron chi connectivity index (χ4n) is 2.10. The van der Waals surface area contributed by atoms with E-state index in [9.17, 15) is 13.2 Å². The Morgan fingerprint density at radius 2 is 1.95 bits per heavy atom. The average Bonchev–Trinajstić information content (AvgIpc) is 2.54. The van der Waals surface area contributed by atoms with Crippen LogP contribution in [0, 0.1) is 0 Å². The zero-order chi connectivity index (χ0) is 14.3. The second-order valence-corrected chi connectivity index (χ2v) is 6.98. The van der Waals surface area contributed by atoms with Crippen LogP contribution in [-0.4, -0.2) is 69.1 Å². The van der Waals surface area contributed by atoms with Crippen LogP contribution in [0.1, 0.15) is 26.2 Å². The molecule has 0 aromatic carbocycles. The molecule has 0 aromatic rings. The molecule has 0 atom stereocenters. The summed E-state index contributed by atoms with van der Waals surface area (Å²) in [6, 6.07) is 0. The molecule has 0 aromatic heterocycles. The summed E-state index contributed by atoms with van der Waals surface area (Å²) in [4.78, 5) is 13.7. The topological polar surface area (TPSA) is 69.7 Å². The number of carbonyl (C=O) groups is 1. The number of nitrogens with zero attached hydrogens (tertiary/aromatic N) is 2. The van der Waals surface area contributed by atoms with Crippen LogP contribution in [0.2, 0.25) is 0 Å². The molecule has 1 heterocycles. The quantitative estimate of drug-likeness (QED) is 0.692. The molecule has 6 nitrogen and oxygen atoms in total. The number of sulfonamides is 1. The van der Waals surface area contributed by atoms with E-state index >= 15 is 0 Å². The van der Waals surface area contributed by atoms with Crippen LogP contribution in [0.5, 0.6) is 0 Å². The molecule has 1 saturated heterocycles. The largest absolute Gasteiger partial charge is 0.355 e. The van der Waals surface area contributed by atoms with E-state index in [1.165, 1.54) is 10.6 Å². The van der Waals surface area contributed by atoms with Crippen molar-refractivity contribution in [1.82, 2.24) is 14.5 Å². The highest BCUT2D eigenvalue weighted by molar-refractivity contribution is 7.88. The molecule has 1 N–H and O–H groups in total. The van der Waals surface area contributed by atoms with Crippen molar-refractivity contribution in [1.29, 1.82) is 0 Å². The summed E-state index contributed by atoms with van der Waals surface area (Å²) in [6.45, 7) is 5.58. The van der Waals surface area contributed by atoms with Gasteiger partial charge in [-0.05, 0) is 19.4 Å². The first-order chi connectivity index (χ1) is 8.93. The Hall–Kier alpha value is -0.660. The van der Waals surface area contributed by atoms with E-state index in [0.717, 1.165) is 32.4 Å². The number of unbranched alkanes of at least 4 members (excludes halogenated alkanes) is 1. The second-order valence-electron chi connectivity index (χ2n) is 5.00. The molecule has 1 aliphatic heterocycles. The maximum atomic E-state index is 11.7. The molecular weight excluding hydrogens is 266 g/mol. The molecule has 0 spiro atoms. The fraction of sp³-hybridized carbons (Fsp3) is 0.917. The monoisotopic (exact) mass is 291 g/mol. The first kappa shape index (κ1) is 16.4. The lowest BCUT2D eigenvalue weighted by Gasteiger charge is -2.20. The lowest BCUT2D eigenvalue weighted by atomic mass is 10.3. The number of rotatable bonds is 6. The van der Waals surface area contributed by atoms with Crippen LogP contribution in [0.3, 0.4) is 0 Å². The van der Waals surface area contributed by atoms with Gasteiger partial charge in [-0.1, -0.05) is 13.3 Å². The summed E-state index contributed by atoms with van der Waals surface area (Å²) >= 11 is 0. The molecule has 19 heavy (non-hydrogen) atoms. The second kappa shape index (κ2) is 7.81. The summed E-state index contributed by atoms with van der Waals surface area (Å²) < 4.78 is 24.4. The minimum atomic E-state index is -3.11. The van der Waals surface area contributed by atoms with Crippen molar-refractivity contribution in [2.45, 2.75) is 26.2 Å². The van der Waals surface area contributed by atoms with E-state index in [0.29, 0.717) is 26.2 Å². The third-order valence-electron chi connectivity index (χ3n) is 3.24. The fourth-order valence-corrected chi connectivity index (χ4v) is 2.97. The van der Waals surface area contributed by atoms with Crippen molar-refractivity contribution < 1.29 is 13.2 Å². The Bertz CT molecular complexity index is 384. The third kappa shape index (κ3) is 6.35. The number of nitrogens with one attached hydrogen (secondary N) is 1. The lowest BCUT2D eigenvalue weighted by Crippen LogP contribution is -2.40. The SMILES string of the molecule is CCCCNC(=O)CN1CCCN(S(C)(=O)=O)CC1. The van der Waals surface area contributed by atoms with Gasteiger partial charge in [0, 0.05) is 26.2 Å². The molecule has 0 aliphatic carbocycles. The summed E-state index contributed by atoms with van der Waals surface area (Å²) in [7, 11) is -3.11. The summed E-state index contributed by atoms with van der Waals surface area (Å²) in [5.41, 5.74) is 0. The molecule has 0 saturated carbocycles. The van der Waals surface area contributed by atoms with Crippen LogP contribution < -0.4 is 5.32 Å². The average molecular weight is 291 g/mol. The standard InChI is InChI=1S/C12H25N3O3S/c1-3-4-6-13-12(16)11-14-7-5-8-15(10-9-14)19(2,17)18/h3-11H2,1-2H3,(H,13,16). The Morgan fingerprint density at radius 3 is 2.58 bits per heavy atom. The van der Waals surface area contributed by atoms with Gasteiger partial charge in [0.15, 0.2) is 0 Å². The number of amides is 1. The predicted molar refractivity (Wildman–Crippen MR) is 75.4 cm³/mol. The predicted octanol–water partition coefficient (Wildman–Crippen LogP) is -0.130. The molecule has 7 heteroatoms. The zero-order valence-corrected chi connectivity index (χ0v) is 12.7. The van der Waals surface area contributed by atoms with Crippen molar-refractivity contribution >= 4 is 15.9 Å². The van der Waals surface area contributed by atoms with Crippen molar-refractivity contribution in [2.75, 3.05) is 45.5 Å². The van der Waals surface area contributed by atoms with Crippen LogP contribution in [0.15, 0.2) is 0 Å². The maximum Gasteiger partial charge on any atom is 0.234 e. The molecule has 1 aliphatic rings. The molecule has 0 bridgehead atoms. The number of hydrogen-bond acceptors (Lipinski definition) is 4. The highest BCUT2D eigenvalue weighted by Crippen LogP contribution is 2.06. The highest BCUT2D eigenvalue weighted by atomic mass is 32.2. The lowest BCUT2D eigenvalue weighted by molar-refractivity contribution is -0.122. The minimum absolute atomic E-state index is 0.0289. The Labute approximate surface area is 116 Å². The normalized spacial score (nSPS) is 19.1. The maximum absolute atomic E-state index is 11.7. The van der Waals surface area contributed by atoms with Gasteiger partial charge in [-0.25, -0.2) is 12.7 Å². The van der Waals surface area contributed by atoms with Gasteiger partial charge in [0.25, 0.3) is 0 Å². The molecule has 112 valence electrons. The Morgan fingerprint density at radius 1 is 1.21 bits per heavy atom. The first-order valence-corrected chi connectivity index (χ1v) is 8.72. The number of hydrogen-bond donors (Lipinski definition) is 1. The van der Waals surface area contributed by atoms with Crippen molar-refractivity contribution in [2.24, 2.45) is 0 Å². The molecule has 1 amide bonds. The highest BCUT2D eigenvalue weighted by Gasteiger charge is 2.22. The van der Waals surface area contributed by atoms with Crippen LogP contribution in [0.25, 0.3) is 0 Å². The van der Waals surface area contributed by atoms with Gasteiger partial charge in [0.1, 0.15) is 0 Å². The molecular formula is C12H25N3O3S. The summed E-state index contributed by atoms with van der Waals surface area (Å²) in [5, 5.41) is 2.88. The van der Waals surface area contributed by atoms with Gasteiger partial charge in [0.2, 0.25) is 15.9 Å². The smallest absolute Gasteiger partial charge is 0.234 e. The van der Waals surface area contributed by atoms with Gasteiger partial charge < -0.3 is 5.32 Å².